The number of amides is 1. The smallest absolute Gasteiger partial charge is 0.396 e. The van der Waals surface area contributed by atoms with Gasteiger partial charge in [0.15, 0.2) is 0 Å². The van der Waals surface area contributed by atoms with Gasteiger partial charge in [0.2, 0.25) is 0 Å². The van der Waals surface area contributed by atoms with Gasteiger partial charge in [0, 0.05) is 54.2 Å². The molecule has 51 heavy (non-hydrogen) atoms. The standard InChI is InChI=1S/C16H15F4N3S.C9H9F4NS.C7H8N2O.2CH4/c1-10-6-12(17)13(7-14(10)24-9-16(18,19)20)23-15(21-2)11-4-3-5-22-8-11;1-5-2-6(10)7(14)3-8(5)15-4-9(11,12)13;1-8-7(10)6-3-2-4-9-5-6;;/h3-8H,9H2,1-2H3,(H,21,23);2-3H,4,14H2,1H3;2-5H,1H3,(H,8,10);2*1H4. The molecule has 0 saturated heterocycles. The molecule has 1 amide bonds. The zero-order chi connectivity index (χ0) is 36.8. The molecule has 2 aromatic heterocycles. The number of hydrogen-bond acceptors (Lipinski definition) is 7. The van der Waals surface area contributed by atoms with E-state index >= 15 is 0 Å². The van der Waals surface area contributed by atoms with Crippen LogP contribution < -0.4 is 16.4 Å². The summed E-state index contributed by atoms with van der Waals surface area (Å²) in [4.78, 5) is 23.4. The molecule has 4 aromatic rings. The third kappa shape index (κ3) is 16.9. The topological polar surface area (TPSA) is 105 Å². The Labute approximate surface area is 301 Å². The quantitative estimate of drug-likeness (QED) is 0.0566. The fraction of sp³-hybridized carbons (Fsp3) is 0.294. The first kappa shape index (κ1) is 46.6. The third-order valence-electron chi connectivity index (χ3n) is 5.90. The van der Waals surface area contributed by atoms with Crippen LogP contribution in [-0.2, 0) is 0 Å². The second-order valence-electron chi connectivity index (χ2n) is 9.80. The van der Waals surface area contributed by atoms with Crippen LogP contribution in [0, 0.1) is 25.5 Å². The van der Waals surface area contributed by atoms with Crippen molar-refractivity contribution in [2.45, 2.75) is 50.8 Å². The van der Waals surface area contributed by atoms with Crippen molar-refractivity contribution in [3.63, 3.8) is 0 Å². The number of pyridine rings is 2. The van der Waals surface area contributed by atoms with Crippen molar-refractivity contribution in [2.24, 2.45) is 4.99 Å². The van der Waals surface area contributed by atoms with Gasteiger partial charge in [-0.15, -0.1) is 23.5 Å². The molecule has 0 radical (unpaired) electrons. The van der Waals surface area contributed by atoms with Crippen LogP contribution in [0.4, 0.5) is 46.5 Å². The molecular weight excluding hydrogens is 725 g/mol. The first-order chi connectivity index (χ1) is 22.9. The Kier molecular flexibility index (Phi) is 19.9. The van der Waals surface area contributed by atoms with Gasteiger partial charge in [-0.25, -0.2) is 8.78 Å². The van der Waals surface area contributed by atoms with E-state index in [0.29, 0.717) is 61.4 Å². The lowest BCUT2D eigenvalue weighted by molar-refractivity contribution is -0.106. The zero-order valence-corrected chi connectivity index (χ0v) is 28.1. The normalized spacial score (nSPS) is 11.0. The van der Waals surface area contributed by atoms with Gasteiger partial charge < -0.3 is 16.4 Å². The summed E-state index contributed by atoms with van der Waals surface area (Å²) >= 11 is 1.23. The molecule has 7 nitrogen and oxygen atoms in total. The van der Waals surface area contributed by atoms with Crippen LogP contribution in [0.25, 0.3) is 0 Å². The minimum atomic E-state index is -4.29. The molecule has 2 heterocycles. The molecule has 0 unspecified atom stereocenters. The van der Waals surface area contributed by atoms with E-state index in [4.69, 9.17) is 5.73 Å². The highest BCUT2D eigenvalue weighted by Gasteiger charge is 2.28. The summed E-state index contributed by atoms with van der Waals surface area (Å²) in [7, 11) is 3.12. The number of thioether (sulfide) groups is 2. The molecule has 0 spiro atoms. The Hall–Kier alpha value is -4.38. The van der Waals surface area contributed by atoms with Crippen LogP contribution in [-0.4, -0.2) is 59.7 Å². The minimum Gasteiger partial charge on any atom is -0.396 e. The number of aryl methyl sites for hydroxylation is 2. The number of carbonyl (C=O) groups is 1. The van der Waals surface area contributed by atoms with Crippen molar-refractivity contribution in [3.8, 4) is 0 Å². The van der Waals surface area contributed by atoms with E-state index in [1.807, 2.05) is 0 Å². The summed E-state index contributed by atoms with van der Waals surface area (Å²) in [5.41, 5.74) is 7.32. The molecule has 2 aromatic carbocycles. The predicted molar refractivity (Wildman–Crippen MR) is 192 cm³/mol. The molecule has 17 heteroatoms. The summed E-state index contributed by atoms with van der Waals surface area (Å²) in [6, 6.07) is 11.8. The van der Waals surface area contributed by atoms with Gasteiger partial charge in [0.1, 0.15) is 17.5 Å². The summed E-state index contributed by atoms with van der Waals surface area (Å²) < 4.78 is 100. The Balaban J connectivity index is 0.000000793. The number of carbonyl (C=O) groups excluding carboxylic acids is 1. The highest BCUT2D eigenvalue weighted by molar-refractivity contribution is 7.99. The number of nitrogens with two attached hydrogens (primary N) is 1. The third-order valence-corrected chi connectivity index (χ3v) is 8.35. The van der Waals surface area contributed by atoms with Crippen LogP contribution in [0.2, 0.25) is 0 Å². The Morgan fingerprint density at radius 2 is 1.27 bits per heavy atom. The zero-order valence-electron chi connectivity index (χ0n) is 26.5. The van der Waals surface area contributed by atoms with E-state index in [9.17, 15) is 39.9 Å². The van der Waals surface area contributed by atoms with E-state index in [0.717, 1.165) is 6.07 Å². The Morgan fingerprint density at radius 3 is 1.71 bits per heavy atom. The lowest BCUT2D eigenvalue weighted by Gasteiger charge is -2.14. The SMILES string of the molecule is C.C.CN=C(Nc1cc(SCC(F)(F)F)c(C)cc1F)c1cccnc1.CNC(=O)c1cccnc1.Cc1cc(F)c(N)cc1SCC(F)(F)F. The van der Waals surface area contributed by atoms with Crippen molar-refractivity contribution in [2.75, 3.05) is 36.7 Å². The largest absolute Gasteiger partial charge is 0.398 e. The van der Waals surface area contributed by atoms with Gasteiger partial charge in [-0.3, -0.25) is 19.8 Å². The molecule has 0 saturated carbocycles. The number of rotatable bonds is 7. The van der Waals surface area contributed by atoms with Crippen molar-refractivity contribution >= 4 is 46.6 Å². The average molecular weight is 765 g/mol. The number of hydrogen-bond donors (Lipinski definition) is 3. The summed E-state index contributed by atoms with van der Waals surface area (Å²) in [6.45, 7) is 3.11. The number of anilines is 2. The van der Waals surface area contributed by atoms with E-state index in [-0.39, 0.29) is 32.1 Å². The molecule has 0 aliphatic rings. The number of benzene rings is 2. The maximum atomic E-state index is 14.2. The maximum Gasteiger partial charge on any atom is 0.398 e. The van der Waals surface area contributed by atoms with Crippen molar-refractivity contribution < 1.29 is 39.9 Å². The van der Waals surface area contributed by atoms with E-state index in [1.165, 1.54) is 31.4 Å². The number of nitrogens with one attached hydrogen (secondary N) is 2. The van der Waals surface area contributed by atoms with E-state index in [1.54, 1.807) is 63.8 Å². The van der Waals surface area contributed by atoms with Crippen LogP contribution in [0.15, 0.2) is 88.1 Å². The fourth-order valence-corrected chi connectivity index (χ4v) is 5.20. The van der Waals surface area contributed by atoms with Gasteiger partial charge in [0.25, 0.3) is 5.91 Å². The van der Waals surface area contributed by atoms with Crippen LogP contribution in [0.1, 0.15) is 41.9 Å². The second-order valence-corrected chi connectivity index (χ2v) is 11.8. The highest BCUT2D eigenvalue weighted by atomic mass is 32.2. The summed E-state index contributed by atoms with van der Waals surface area (Å²) in [5, 5.41) is 5.32. The van der Waals surface area contributed by atoms with Crippen LogP contribution >= 0.6 is 23.5 Å². The fourth-order valence-electron chi connectivity index (χ4n) is 3.58. The van der Waals surface area contributed by atoms with Crippen molar-refractivity contribution in [1.82, 2.24) is 15.3 Å². The number of nitrogens with zero attached hydrogens (tertiary/aromatic N) is 3. The molecule has 4 rings (SSSR count). The Bertz CT molecular complexity index is 1690. The van der Waals surface area contributed by atoms with Gasteiger partial charge in [-0.05, 0) is 73.5 Å². The molecule has 0 aliphatic heterocycles. The number of amidine groups is 1. The molecular formula is C34H40F8N6OS2. The van der Waals surface area contributed by atoms with Gasteiger partial charge in [-0.2, -0.15) is 26.3 Å². The second kappa shape index (κ2) is 21.8. The van der Waals surface area contributed by atoms with Gasteiger partial charge in [0.05, 0.1) is 28.4 Å². The minimum absolute atomic E-state index is 0. The van der Waals surface area contributed by atoms with Crippen molar-refractivity contribution in [1.29, 1.82) is 0 Å². The molecule has 280 valence electrons. The number of nitrogen functional groups attached to an aromatic ring is 1. The van der Waals surface area contributed by atoms with Gasteiger partial charge in [-0.1, -0.05) is 14.9 Å². The lowest BCUT2D eigenvalue weighted by atomic mass is 10.2. The van der Waals surface area contributed by atoms with Crippen LogP contribution in [0.3, 0.4) is 0 Å². The first-order valence-corrected chi connectivity index (χ1v) is 15.9. The van der Waals surface area contributed by atoms with Crippen LogP contribution in [0.5, 0.6) is 0 Å². The summed E-state index contributed by atoms with van der Waals surface area (Å²) in [6.07, 6.45) is -2.22. The lowest BCUT2D eigenvalue weighted by Crippen LogP contribution is -2.17. The predicted octanol–water partition coefficient (Wildman–Crippen LogP) is 9.76. The summed E-state index contributed by atoms with van der Waals surface area (Å²) in [5.74, 6) is -2.93. The number of aliphatic imine (C=N–C) groups is 1. The average Bonchev–Trinajstić information content (AvgIpc) is 3.05. The van der Waals surface area contributed by atoms with E-state index in [2.05, 4.69) is 25.6 Å². The monoisotopic (exact) mass is 764 g/mol. The van der Waals surface area contributed by atoms with Gasteiger partial charge >= 0.3 is 12.4 Å². The molecule has 0 aliphatic carbocycles. The first-order valence-electron chi connectivity index (χ1n) is 13.9. The maximum absolute atomic E-state index is 14.2. The Morgan fingerprint density at radius 1 is 0.804 bits per heavy atom. The molecule has 4 N–H and O–H groups in total. The highest BCUT2D eigenvalue weighted by Crippen LogP contribution is 2.33. The van der Waals surface area contributed by atoms with Crippen molar-refractivity contribution in [3.05, 3.63) is 107 Å². The number of aromatic nitrogens is 2. The van der Waals surface area contributed by atoms with E-state index < -0.39 is 35.5 Å². The molecule has 0 fully saturated rings. The molecule has 0 bridgehead atoms. The number of halogens is 8. The number of alkyl halides is 6. The molecule has 0 atom stereocenters.